The van der Waals surface area contributed by atoms with Gasteiger partial charge in [0.15, 0.2) is 0 Å². The van der Waals surface area contributed by atoms with Gasteiger partial charge in [-0.1, -0.05) is 20.4 Å². The van der Waals surface area contributed by atoms with Crippen LogP contribution in [0.2, 0.25) is 0 Å². The first kappa shape index (κ1) is 11.7. The number of aldehydes is 1. The van der Waals surface area contributed by atoms with Gasteiger partial charge in [-0.05, 0) is 18.9 Å². The number of aliphatic imine (C=N–C) groups is 1. The number of amidine groups is 1. The predicted molar refractivity (Wildman–Crippen MR) is 62.5 cm³/mol. The second-order valence-corrected chi connectivity index (χ2v) is 4.02. The summed E-state index contributed by atoms with van der Waals surface area (Å²) >= 11 is 0. The third-order valence-electron chi connectivity index (χ3n) is 2.43. The number of hydrogen-bond acceptors (Lipinski definition) is 3. The Bertz CT molecular complexity index is 338. The Balaban J connectivity index is 2.89. The Kier molecular flexibility index (Phi) is 3.83. The normalized spacial score (nSPS) is 16.5. The van der Waals surface area contributed by atoms with Crippen LogP contribution in [-0.4, -0.2) is 12.1 Å². The maximum atomic E-state index is 10.3. The van der Waals surface area contributed by atoms with Crippen LogP contribution in [0.1, 0.15) is 33.6 Å². The molecule has 0 aromatic carbocycles. The highest BCUT2D eigenvalue weighted by Crippen LogP contribution is 2.22. The van der Waals surface area contributed by atoms with Crippen LogP contribution in [0.3, 0.4) is 0 Å². The van der Waals surface area contributed by atoms with Crippen molar-refractivity contribution < 1.29 is 4.79 Å². The van der Waals surface area contributed by atoms with Gasteiger partial charge < -0.3 is 10.1 Å². The molecule has 0 atom stereocenters. The standard InChI is InChI=1S/C12H18N2O/c1-8(2)12-13-9(3)11(6-5-7-15)10(4)14-12/h7-8H,3,5-6H2,1-2,4H3,(H,13,14). The van der Waals surface area contributed by atoms with Gasteiger partial charge in [-0.3, -0.25) is 0 Å². The minimum absolute atomic E-state index is 0.365. The summed E-state index contributed by atoms with van der Waals surface area (Å²) in [5.41, 5.74) is 2.92. The van der Waals surface area contributed by atoms with Gasteiger partial charge in [0, 0.05) is 23.7 Å². The molecule has 15 heavy (non-hydrogen) atoms. The van der Waals surface area contributed by atoms with E-state index in [0.717, 1.165) is 35.5 Å². The van der Waals surface area contributed by atoms with E-state index in [2.05, 4.69) is 30.7 Å². The molecule has 0 unspecified atom stereocenters. The molecule has 0 aromatic rings. The number of carbonyl (C=O) groups is 1. The molecule has 0 fully saturated rings. The number of allylic oxidation sites excluding steroid dienone is 2. The van der Waals surface area contributed by atoms with E-state index < -0.39 is 0 Å². The van der Waals surface area contributed by atoms with Crippen molar-refractivity contribution in [3.63, 3.8) is 0 Å². The fraction of sp³-hybridized carbons (Fsp3) is 0.500. The summed E-state index contributed by atoms with van der Waals surface area (Å²) in [4.78, 5) is 14.8. The molecule has 0 saturated carbocycles. The number of carbonyl (C=O) groups excluding carboxylic acids is 1. The zero-order valence-electron chi connectivity index (χ0n) is 9.63. The summed E-state index contributed by atoms with van der Waals surface area (Å²) in [5, 5.41) is 3.19. The van der Waals surface area contributed by atoms with E-state index in [1.54, 1.807) is 0 Å². The van der Waals surface area contributed by atoms with Crippen LogP contribution < -0.4 is 5.32 Å². The molecule has 0 bridgehead atoms. The van der Waals surface area contributed by atoms with Crippen molar-refractivity contribution in [3.8, 4) is 0 Å². The molecule has 0 saturated heterocycles. The first-order chi connectivity index (χ1) is 7.06. The zero-order valence-corrected chi connectivity index (χ0v) is 9.63. The lowest BCUT2D eigenvalue weighted by Gasteiger charge is -2.23. The summed E-state index contributed by atoms with van der Waals surface area (Å²) in [6, 6.07) is 0. The summed E-state index contributed by atoms with van der Waals surface area (Å²) in [7, 11) is 0. The van der Waals surface area contributed by atoms with Crippen LogP contribution >= 0.6 is 0 Å². The molecule has 1 rings (SSSR count). The maximum absolute atomic E-state index is 10.3. The van der Waals surface area contributed by atoms with Gasteiger partial charge in [0.25, 0.3) is 0 Å². The van der Waals surface area contributed by atoms with E-state index in [-0.39, 0.29) is 0 Å². The van der Waals surface area contributed by atoms with Gasteiger partial charge in [-0.2, -0.15) is 0 Å². The van der Waals surface area contributed by atoms with E-state index in [4.69, 9.17) is 0 Å². The number of hydrogen-bond donors (Lipinski definition) is 1. The summed E-state index contributed by atoms with van der Waals surface area (Å²) in [6.45, 7) is 10.1. The average Bonchev–Trinajstić information content (AvgIpc) is 2.16. The fourth-order valence-corrected chi connectivity index (χ4v) is 1.53. The average molecular weight is 206 g/mol. The number of rotatable bonds is 4. The summed E-state index contributed by atoms with van der Waals surface area (Å²) < 4.78 is 0. The van der Waals surface area contributed by atoms with Crippen molar-refractivity contribution in [1.82, 2.24) is 5.32 Å². The van der Waals surface area contributed by atoms with Gasteiger partial charge >= 0.3 is 0 Å². The first-order valence-electron chi connectivity index (χ1n) is 5.24. The minimum Gasteiger partial charge on any atom is -0.344 e. The Morgan fingerprint density at radius 1 is 1.53 bits per heavy atom. The minimum atomic E-state index is 0.365. The van der Waals surface area contributed by atoms with Crippen molar-refractivity contribution in [2.45, 2.75) is 33.6 Å². The monoisotopic (exact) mass is 206 g/mol. The SMILES string of the molecule is C=C1NC(C(C)C)=NC(C)=C1CCC=O. The highest BCUT2D eigenvalue weighted by molar-refractivity contribution is 5.88. The van der Waals surface area contributed by atoms with Crippen LogP contribution in [0.4, 0.5) is 0 Å². The molecule has 0 amide bonds. The zero-order chi connectivity index (χ0) is 11.4. The Morgan fingerprint density at radius 3 is 2.67 bits per heavy atom. The highest BCUT2D eigenvalue weighted by atomic mass is 16.1. The molecule has 0 aliphatic carbocycles. The van der Waals surface area contributed by atoms with Crippen molar-refractivity contribution in [2.75, 3.05) is 0 Å². The van der Waals surface area contributed by atoms with Gasteiger partial charge in [0.05, 0.1) is 0 Å². The molecule has 1 aliphatic heterocycles. The predicted octanol–water partition coefficient (Wildman–Crippen LogP) is 2.41. The molecule has 0 radical (unpaired) electrons. The first-order valence-corrected chi connectivity index (χ1v) is 5.24. The number of nitrogens with zero attached hydrogens (tertiary/aromatic N) is 1. The Hall–Kier alpha value is -1.38. The van der Waals surface area contributed by atoms with Crippen LogP contribution in [0.5, 0.6) is 0 Å². The molecule has 1 aliphatic rings. The Labute approximate surface area is 91.0 Å². The third kappa shape index (κ3) is 2.78. The molecule has 1 heterocycles. The molecule has 3 heteroatoms. The highest BCUT2D eigenvalue weighted by Gasteiger charge is 2.16. The van der Waals surface area contributed by atoms with Gasteiger partial charge in [0.2, 0.25) is 0 Å². The van der Waals surface area contributed by atoms with E-state index in [9.17, 15) is 4.79 Å². The van der Waals surface area contributed by atoms with Crippen molar-refractivity contribution >= 4 is 12.1 Å². The van der Waals surface area contributed by atoms with Crippen LogP contribution in [0.25, 0.3) is 0 Å². The second kappa shape index (κ2) is 4.91. The topological polar surface area (TPSA) is 41.5 Å². The largest absolute Gasteiger partial charge is 0.344 e. The van der Waals surface area contributed by atoms with E-state index >= 15 is 0 Å². The molecule has 0 spiro atoms. The van der Waals surface area contributed by atoms with Crippen molar-refractivity contribution in [2.24, 2.45) is 10.9 Å². The lowest BCUT2D eigenvalue weighted by atomic mass is 10.0. The molecular formula is C12H18N2O. The van der Waals surface area contributed by atoms with E-state index in [1.165, 1.54) is 0 Å². The van der Waals surface area contributed by atoms with E-state index in [0.29, 0.717) is 12.3 Å². The second-order valence-electron chi connectivity index (χ2n) is 4.02. The molecular weight excluding hydrogens is 188 g/mol. The van der Waals surface area contributed by atoms with Gasteiger partial charge in [-0.15, -0.1) is 0 Å². The molecule has 3 nitrogen and oxygen atoms in total. The van der Waals surface area contributed by atoms with Crippen LogP contribution in [0.15, 0.2) is 28.5 Å². The van der Waals surface area contributed by atoms with E-state index in [1.807, 2.05) is 6.92 Å². The molecule has 1 N–H and O–H groups in total. The molecule has 82 valence electrons. The quantitative estimate of drug-likeness (QED) is 0.718. The lowest BCUT2D eigenvalue weighted by Crippen LogP contribution is -2.31. The maximum Gasteiger partial charge on any atom is 0.120 e. The fourth-order valence-electron chi connectivity index (χ4n) is 1.53. The van der Waals surface area contributed by atoms with Crippen molar-refractivity contribution in [1.29, 1.82) is 0 Å². The van der Waals surface area contributed by atoms with Gasteiger partial charge in [-0.25, -0.2) is 4.99 Å². The van der Waals surface area contributed by atoms with Crippen molar-refractivity contribution in [3.05, 3.63) is 23.5 Å². The smallest absolute Gasteiger partial charge is 0.120 e. The summed E-state index contributed by atoms with van der Waals surface area (Å²) in [5.74, 6) is 1.32. The van der Waals surface area contributed by atoms with Crippen LogP contribution in [0, 0.1) is 5.92 Å². The lowest BCUT2D eigenvalue weighted by molar-refractivity contribution is -0.107. The van der Waals surface area contributed by atoms with Gasteiger partial charge in [0.1, 0.15) is 12.1 Å². The Morgan fingerprint density at radius 2 is 2.20 bits per heavy atom. The molecule has 0 aromatic heterocycles. The number of nitrogens with one attached hydrogen (secondary N) is 1. The summed E-state index contributed by atoms with van der Waals surface area (Å²) in [6.07, 6.45) is 2.17. The third-order valence-corrected chi connectivity index (χ3v) is 2.43. The van der Waals surface area contributed by atoms with Crippen LogP contribution in [-0.2, 0) is 4.79 Å².